The number of aliphatic carboxylic acids is 1. The number of carbonyl (C=O) groups excluding carboxylic acids is 4. The normalized spacial score (nSPS) is 16.8. The summed E-state index contributed by atoms with van der Waals surface area (Å²) in [6.07, 6.45) is 2.63. The molecule has 1 aromatic heterocycles. The number of unbranched alkanes of at least 4 members (excludes halogenated alkanes) is 2. The van der Waals surface area contributed by atoms with E-state index < -0.39 is 29.9 Å². The highest BCUT2D eigenvalue weighted by molar-refractivity contribution is 5.97. The number of pyridine rings is 1. The highest BCUT2D eigenvalue weighted by atomic mass is 16.6. The molecule has 2 aromatic rings. The van der Waals surface area contributed by atoms with Crippen molar-refractivity contribution in [1.29, 1.82) is 0 Å². The number of amides is 4. The van der Waals surface area contributed by atoms with Gasteiger partial charge in [0.15, 0.2) is 0 Å². The number of aromatic nitrogens is 1. The number of anilines is 1. The number of ether oxygens (including phenoxy) is 1. The van der Waals surface area contributed by atoms with Gasteiger partial charge >= 0.3 is 12.1 Å². The van der Waals surface area contributed by atoms with Crippen molar-refractivity contribution in [3.8, 4) is 11.3 Å². The minimum atomic E-state index is -1.11. The molecule has 0 aliphatic carbocycles. The van der Waals surface area contributed by atoms with Crippen LogP contribution in [-0.2, 0) is 19.1 Å². The van der Waals surface area contributed by atoms with E-state index in [9.17, 15) is 29.1 Å². The Hall–Kier alpha value is -4.68. The second-order valence-corrected chi connectivity index (χ2v) is 12.2. The molecule has 0 saturated carbocycles. The van der Waals surface area contributed by atoms with E-state index in [0.717, 1.165) is 30.5 Å². The molecule has 2 aliphatic heterocycles. The maximum absolute atomic E-state index is 13.7. The SMILES string of the molecule is CCCCCOC(=O)N1CCN(C(=O)[C@H](CCC(=O)O)NC(=O)c2cc(N3CC[C@H](C(=O)N(C)C)C3)cc(-c3ccccc3)n2)CC1. The fraction of sp³-hybridized carbons (Fsp3) is 0.529. The molecule has 13 heteroatoms. The summed E-state index contributed by atoms with van der Waals surface area (Å²) in [6.45, 7) is 4.55. The van der Waals surface area contributed by atoms with Crippen LogP contribution in [0, 0.1) is 5.92 Å². The number of hydrogen-bond acceptors (Lipinski definition) is 8. The number of hydrogen-bond donors (Lipinski definition) is 2. The third-order valence-corrected chi connectivity index (χ3v) is 8.53. The average Bonchev–Trinajstić information content (AvgIpc) is 3.58. The van der Waals surface area contributed by atoms with Gasteiger partial charge in [-0.3, -0.25) is 19.2 Å². The molecular weight excluding hydrogens is 604 g/mol. The Morgan fingerprint density at radius 2 is 1.70 bits per heavy atom. The molecule has 0 bridgehead atoms. The lowest BCUT2D eigenvalue weighted by Gasteiger charge is -2.36. The zero-order chi connectivity index (χ0) is 33.9. The number of nitrogens with zero attached hydrogens (tertiary/aromatic N) is 5. The maximum atomic E-state index is 13.7. The maximum Gasteiger partial charge on any atom is 0.409 e. The van der Waals surface area contributed by atoms with Gasteiger partial charge in [0, 0.05) is 71.0 Å². The van der Waals surface area contributed by atoms with Crippen molar-refractivity contribution in [3.63, 3.8) is 0 Å². The van der Waals surface area contributed by atoms with Crippen LogP contribution in [0.25, 0.3) is 11.3 Å². The molecule has 13 nitrogen and oxygen atoms in total. The molecular formula is C34H46N6O7. The molecule has 47 heavy (non-hydrogen) atoms. The van der Waals surface area contributed by atoms with Gasteiger partial charge in [-0.25, -0.2) is 9.78 Å². The van der Waals surface area contributed by atoms with Crippen molar-refractivity contribution in [3.05, 3.63) is 48.2 Å². The molecule has 4 amide bonds. The van der Waals surface area contributed by atoms with Gasteiger partial charge in [0.25, 0.3) is 5.91 Å². The van der Waals surface area contributed by atoms with E-state index in [1.807, 2.05) is 36.4 Å². The zero-order valence-corrected chi connectivity index (χ0v) is 27.5. The molecule has 1 aromatic carbocycles. The molecule has 2 fully saturated rings. The van der Waals surface area contributed by atoms with Crippen LogP contribution >= 0.6 is 0 Å². The Morgan fingerprint density at radius 1 is 1.00 bits per heavy atom. The van der Waals surface area contributed by atoms with Crippen molar-refractivity contribution in [2.24, 2.45) is 5.92 Å². The van der Waals surface area contributed by atoms with Crippen molar-refractivity contribution in [1.82, 2.24) is 25.0 Å². The molecule has 0 spiro atoms. The number of carbonyl (C=O) groups is 5. The topological polar surface area (TPSA) is 153 Å². The predicted octanol–water partition coefficient (Wildman–Crippen LogP) is 3.10. The van der Waals surface area contributed by atoms with Gasteiger partial charge in [0.1, 0.15) is 11.7 Å². The smallest absolute Gasteiger partial charge is 0.409 e. The number of piperazine rings is 1. The molecule has 2 aliphatic rings. The van der Waals surface area contributed by atoms with E-state index >= 15 is 0 Å². The lowest BCUT2D eigenvalue weighted by Crippen LogP contribution is -2.56. The number of benzene rings is 1. The van der Waals surface area contributed by atoms with Crippen LogP contribution in [0.5, 0.6) is 0 Å². The van der Waals surface area contributed by atoms with Crippen LogP contribution in [0.2, 0.25) is 0 Å². The summed E-state index contributed by atoms with van der Waals surface area (Å²) in [5, 5.41) is 12.1. The Labute approximate surface area is 275 Å². The summed E-state index contributed by atoms with van der Waals surface area (Å²) < 4.78 is 5.34. The minimum absolute atomic E-state index is 0.0484. The second-order valence-electron chi connectivity index (χ2n) is 12.2. The molecule has 2 N–H and O–H groups in total. The van der Waals surface area contributed by atoms with E-state index in [1.54, 1.807) is 34.9 Å². The quantitative estimate of drug-likeness (QED) is 0.312. The molecule has 2 saturated heterocycles. The van der Waals surface area contributed by atoms with Crippen molar-refractivity contribution in [2.75, 3.05) is 64.9 Å². The third kappa shape index (κ3) is 9.66. The summed E-state index contributed by atoms with van der Waals surface area (Å²) in [5.74, 6) is -2.24. The van der Waals surface area contributed by atoms with Crippen molar-refractivity contribution in [2.45, 2.75) is 51.5 Å². The van der Waals surface area contributed by atoms with Gasteiger partial charge in [-0.1, -0.05) is 50.1 Å². The highest BCUT2D eigenvalue weighted by Gasteiger charge is 2.33. The summed E-state index contributed by atoms with van der Waals surface area (Å²) in [5.41, 5.74) is 2.15. The lowest BCUT2D eigenvalue weighted by atomic mass is 10.1. The van der Waals surface area contributed by atoms with Gasteiger partial charge in [0.2, 0.25) is 11.8 Å². The lowest BCUT2D eigenvalue weighted by molar-refractivity contribution is -0.138. The minimum Gasteiger partial charge on any atom is -0.481 e. The van der Waals surface area contributed by atoms with Crippen molar-refractivity contribution >= 4 is 35.5 Å². The first-order valence-corrected chi connectivity index (χ1v) is 16.3. The number of rotatable bonds is 13. The van der Waals surface area contributed by atoms with Gasteiger partial charge < -0.3 is 34.8 Å². The van der Waals surface area contributed by atoms with Crippen LogP contribution in [0.15, 0.2) is 42.5 Å². The molecule has 3 heterocycles. The van der Waals surface area contributed by atoms with E-state index in [0.29, 0.717) is 31.8 Å². The molecule has 4 rings (SSSR count). The summed E-state index contributed by atoms with van der Waals surface area (Å²) >= 11 is 0. The zero-order valence-electron chi connectivity index (χ0n) is 27.5. The average molecular weight is 651 g/mol. The Balaban J connectivity index is 1.50. The third-order valence-electron chi connectivity index (χ3n) is 8.53. The van der Waals surface area contributed by atoms with E-state index in [2.05, 4.69) is 22.1 Å². The molecule has 0 unspecified atom stereocenters. The second kappa shape index (κ2) is 16.8. The van der Waals surface area contributed by atoms with Gasteiger partial charge in [-0.15, -0.1) is 0 Å². The van der Waals surface area contributed by atoms with Gasteiger partial charge in [0.05, 0.1) is 18.2 Å². The van der Waals surface area contributed by atoms with Crippen LogP contribution in [-0.4, -0.2) is 121 Å². The number of carboxylic acid groups (broad SMARTS) is 1. The van der Waals surface area contributed by atoms with Gasteiger partial charge in [-0.05, 0) is 31.4 Å². The summed E-state index contributed by atoms with van der Waals surface area (Å²) in [4.78, 5) is 75.3. The number of carboxylic acids is 1. The van der Waals surface area contributed by atoms with Gasteiger partial charge in [-0.2, -0.15) is 0 Å². The first-order chi connectivity index (χ1) is 22.6. The Morgan fingerprint density at radius 3 is 2.36 bits per heavy atom. The van der Waals surface area contributed by atoms with Crippen LogP contribution in [0.3, 0.4) is 0 Å². The molecule has 0 radical (unpaired) electrons. The van der Waals surface area contributed by atoms with E-state index in [-0.39, 0.29) is 56.5 Å². The fourth-order valence-corrected chi connectivity index (χ4v) is 5.82. The Kier molecular flexibility index (Phi) is 12.5. The predicted molar refractivity (Wildman–Crippen MR) is 176 cm³/mol. The summed E-state index contributed by atoms with van der Waals surface area (Å²) in [6, 6.07) is 11.8. The molecule has 2 atom stereocenters. The first kappa shape index (κ1) is 35.2. The van der Waals surface area contributed by atoms with Crippen LogP contribution in [0.4, 0.5) is 10.5 Å². The number of nitrogens with one attached hydrogen (secondary N) is 1. The van der Waals surface area contributed by atoms with Crippen molar-refractivity contribution < 1.29 is 33.8 Å². The first-order valence-electron chi connectivity index (χ1n) is 16.3. The molecule has 254 valence electrons. The standard InChI is InChI=1S/C34H46N6O7/c1-4-5-9-20-47-34(46)39-18-16-38(17-19-39)33(45)27(12-13-30(41)42)36-31(43)29-22-26(21-28(35-29)24-10-7-6-8-11-24)40-15-14-25(23-40)32(44)37(2)3/h6-8,10-11,21-22,25,27H,4-5,9,12-20,23H2,1-3H3,(H,36,43)(H,41,42)/t25-,27-/m0/s1. The van der Waals surface area contributed by atoms with E-state index in [1.165, 1.54) is 0 Å². The highest BCUT2D eigenvalue weighted by Crippen LogP contribution is 2.29. The summed E-state index contributed by atoms with van der Waals surface area (Å²) in [7, 11) is 3.47. The van der Waals surface area contributed by atoms with Crippen LogP contribution < -0.4 is 10.2 Å². The van der Waals surface area contributed by atoms with E-state index in [4.69, 9.17) is 4.74 Å². The Bertz CT molecular complexity index is 1410. The monoisotopic (exact) mass is 650 g/mol. The fourth-order valence-electron chi connectivity index (χ4n) is 5.82. The largest absolute Gasteiger partial charge is 0.481 e. The van der Waals surface area contributed by atoms with Crippen LogP contribution in [0.1, 0.15) is 55.9 Å².